The zero-order valence-electron chi connectivity index (χ0n) is 13.9. The first-order valence-electron chi connectivity index (χ1n) is 7.40. The summed E-state index contributed by atoms with van der Waals surface area (Å²) in [5, 5.41) is 2.80. The van der Waals surface area contributed by atoms with Crippen LogP contribution in [0.5, 0.6) is 5.75 Å². The van der Waals surface area contributed by atoms with Gasteiger partial charge in [-0.05, 0) is 46.3 Å². The molecule has 0 aromatic heterocycles. The number of nitrogens with one attached hydrogen (secondary N) is 1. The highest BCUT2D eigenvalue weighted by atomic mass is 79.9. The Kier molecular flexibility index (Phi) is 6.28. The van der Waals surface area contributed by atoms with Crippen molar-refractivity contribution in [3.05, 3.63) is 58.1 Å². The standard InChI is InChI=1S/C19H19BrN2O2/c1-22(2)18-9-5-4-7-14(18)8-6-12-21-19(23)16-13-15(24-3)10-11-17(16)20/h4-5,7,9-11,13H,12H2,1-3H3,(H,21,23). The summed E-state index contributed by atoms with van der Waals surface area (Å²) in [5.41, 5.74) is 2.50. The average Bonchev–Trinajstić information content (AvgIpc) is 2.59. The summed E-state index contributed by atoms with van der Waals surface area (Å²) >= 11 is 3.37. The minimum atomic E-state index is -0.198. The monoisotopic (exact) mass is 386 g/mol. The number of hydrogen-bond acceptors (Lipinski definition) is 3. The number of halogens is 1. The molecule has 5 heteroatoms. The van der Waals surface area contributed by atoms with Gasteiger partial charge in [0.05, 0.1) is 24.9 Å². The number of anilines is 1. The average molecular weight is 387 g/mol. The Balaban J connectivity index is 2.04. The number of ether oxygens (including phenoxy) is 1. The fourth-order valence-electron chi connectivity index (χ4n) is 2.13. The molecule has 0 bridgehead atoms. The number of carbonyl (C=O) groups excluding carboxylic acids is 1. The van der Waals surface area contributed by atoms with Crippen LogP contribution in [-0.4, -0.2) is 33.7 Å². The smallest absolute Gasteiger partial charge is 0.253 e. The molecule has 1 N–H and O–H groups in total. The lowest BCUT2D eigenvalue weighted by Crippen LogP contribution is -2.24. The molecule has 4 nitrogen and oxygen atoms in total. The predicted octanol–water partition coefficient (Wildman–Crippen LogP) is 3.31. The van der Waals surface area contributed by atoms with Gasteiger partial charge in [-0.2, -0.15) is 0 Å². The van der Waals surface area contributed by atoms with Crippen LogP contribution < -0.4 is 15.0 Å². The van der Waals surface area contributed by atoms with Crippen LogP contribution in [0.15, 0.2) is 46.9 Å². The van der Waals surface area contributed by atoms with E-state index in [9.17, 15) is 4.79 Å². The van der Waals surface area contributed by atoms with Crippen molar-refractivity contribution in [3.63, 3.8) is 0 Å². The first-order chi connectivity index (χ1) is 11.5. The fraction of sp³-hybridized carbons (Fsp3) is 0.211. The van der Waals surface area contributed by atoms with Gasteiger partial charge in [0, 0.05) is 24.1 Å². The molecule has 0 unspecified atom stereocenters. The third-order valence-electron chi connectivity index (χ3n) is 3.36. The summed E-state index contributed by atoms with van der Waals surface area (Å²) in [5.74, 6) is 6.52. The zero-order valence-corrected chi connectivity index (χ0v) is 15.5. The molecular formula is C19H19BrN2O2. The van der Waals surface area contributed by atoms with E-state index >= 15 is 0 Å². The van der Waals surface area contributed by atoms with Crippen molar-refractivity contribution in [2.75, 3.05) is 32.6 Å². The van der Waals surface area contributed by atoms with Gasteiger partial charge >= 0.3 is 0 Å². The van der Waals surface area contributed by atoms with Gasteiger partial charge in [-0.3, -0.25) is 4.79 Å². The van der Waals surface area contributed by atoms with Crippen molar-refractivity contribution < 1.29 is 9.53 Å². The molecule has 0 aliphatic carbocycles. The van der Waals surface area contributed by atoms with Gasteiger partial charge in [0.2, 0.25) is 0 Å². The summed E-state index contributed by atoms with van der Waals surface area (Å²) < 4.78 is 5.86. The molecule has 0 aliphatic heterocycles. The van der Waals surface area contributed by atoms with E-state index in [4.69, 9.17) is 4.74 Å². The minimum absolute atomic E-state index is 0.198. The zero-order chi connectivity index (χ0) is 17.5. The minimum Gasteiger partial charge on any atom is -0.497 e. The van der Waals surface area contributed by atoms with E-state index in [1.54, 1.807) is 25.3 Å². The number of methoxy groups -OCH3 is 1. The highest BCUT2D eigenvalue weighted by molar-refractivity contribution is 9.10. The summed E-state index contributed by atoms with van der Waals surface area (Å²) in [6.45, 7) is 0.268. The van der Waals surface area contributed by atoms with E-state index in [-0.39, 0.29) is 12.5 Å². The molecule has 124 valence electrons. The lowest BCUT2D eigenvalue weighted by Gasteiger charge is -2.13. The Morgan fingerprint density at radius 2 is 2.00 bits per heavy atom. The number of benzene rings is 2. The Hall–Kier alpha value is -2.45. The molecule has 0 aliphatic rings. The molecule has 24 heavy (non-hydrogen) atoms. The molecule has 2 aromatic rings. The summed E-state index contributed by atoms with van der Waals surface area (Å²) in [4.78, 5) is 14.3. The molecule has 2 aromatic carbocycles. The first kappa shape index (κ1) is 17.9. The van der Waals surface area contributed by atoms with E-state index in [1.807, 2.05) is 43.3 Å². The SMILES string of the molecule is COc1ccc(Br)c(C(=O)NCC#Cc2ccccc2N(C)C)c1. The van der Waals surface area contributed by atoms with Crippen LogP contribution in [0.4, 0.5) is 5.69 Å². The molecule has 0 heterocycles. The van der Waals surface area contributed by atoms with Crippen molar-refractivity contribution in [1.29, 1.82) is 0 Å². The number of nitrogens with zero attached hydrogens (tertiary/aromatic N) is 1. The van der Waals surface area contributed by atoms with E-state index in [1.165, 1.54) is 0 Å². The second-order valence-electron chi connectivity index (χ2n) is 5.24. The highest BCUT2D eigenvalue weighted by Crippen LogP contribution is 2.22. The van der Waals surface area contributed by atoms with Crippen molar-refractivity contribution in [1.82, 2.24) is 5.32 Å². The maximum absolute atomic E-state index is 12.2. The van der Waals surface area contributed by atoms with E-state index < -0.39 is 0 Å². The molecule has 0 atom stereocenters. The second kappa shape index (κ2) is 8.42. The van der Waals surface area contributed by atoms with Gasteiger partial charge in [-0.1, -0.05) is 24.0 Å². The van der Waals surface area contributed by atoms with Gasteiger partial charge in [0.25, 0.3) is 5.91 Å². The lowest BCUT2D eigenvalue weighted by molar-refractivity contribution is 0.0957. The van der Waals surface area contributed by atoms with Gasteiger partial charge in [-0.25, -0.2) is 0 Å². The Bertz CT molecular complexity index is 791. The van der Waals surface area contributed by atoms with Crippen LogP contribution in [0.2, 0.25) is 0 Å². The maximum atomic E-state index is 12.2. The summed E-state index contributed by atoms with van der Waals surface area (Å²) in [6, 6.07) is 13.2. The molecule has 0 saturated carbocycles. The van der Waals surface area contributed by atoms with Gasteiger partial charge in [-0.15, -0.1) is 0 Å². The van der Waals surface area contributed by atoms with E-state index in [0.29, 0.717) is 15.8 Å². The number of hydrogen-bond donors (Lipinski definition) is 1. The molecule has 1 amide bonds. The van der Waals surface area contributed by atoms with E-state index in [2.05, 4.69) is 33.1 Å². The molecule has 0 spiro atoms. The van der Waals surface area contributed by atoms with Crippen molar-refractivity contribution >= 4 is 27.5 Å². The Labute approximate surface area is 150 Å². The van der Waals surface area contributed by atoms with Crippen molar-refractivity contribution in [2.24, 2.45) is 0 Å². The Morgan fingerprint density at radius 1 is 1.25 bits per heavy atom. The molecule has 0 saturated heterocycles. The van der Waals surface area contributed by atoms with Crippen LogP contribution in [0.3, 0.4) is 0 Å². The van der Waals surface area contributed by atoms with Crippen LogP contribution in [0, 0.1) is 11.8 Å². The van der Waals surface area contributed by atoms with Crippen LogP contribution in [0.25, 0.3) is 0 Å². The van der Waals surface area contributed by atoms with Crippen LogP contribution >= 0.6 is 15.9 Å². The number of para-hydroxylation sites is 1. The lowest BCUT2D eigenvalue weighted by atomic mass is 10.1. The fourth-order valence-corrected chi connectivity index (χ4v) is 2.56. The molecule has 0 radical (unpaired) electrons. The van der Waals surface area contributed by atoms with Gasteiger partial charge in [0.15, 0.2) is 0 Å². The number of amides is 1. The topological polar surface area (TPSA) is 41.6 Å². The normalized spacial score (nSPS) is 9.67. The van der Waals surface area contributed by atoms with Crippen molar-refractivity contribution in [3.8, 4) is 17.6 Å². The maximum Gasteiger partial charge on any atom is 0.253 e. The third kappa shape index (κ3) is 4.53. The summed E-state index contributed by atoms with van der Waals surface area (Å²) in [7, 11) is 5.52. The van der Waals surface area contributed by atoms with Crippen LogP contribution in [0.1, 0.15) is 15.9 Å². The largest absolute Gasteiger partial charge is 0.497 e. The summed E-state index contributed by atoms with van der Waals surface area (Å²) in [6.07, 6.45) is 0. The third-order valence-corrected chi connectivity index (χ3v) is 4.06. The number of carbonyl (C=O) groups is 1. The molecular weight excluding hydrogens is 368 g/mol. The first-order valence-corrected chi connectivity index (χ1v) is 8.19. The van der Waals surface area contributed by atoms with Crippen molar-refractivity contribution in [2.45, 2.75) is 0 Å². The van der Waals surface area contributed by atoms with Gasteiger partial charge in [0.1, 0.15) is 5.75 Å². The quantitative estimate of drug-likeness (QED) is 0.819. The number of rotatable bonds is 4. The predicted molar refractivity (Wildman–Crippen MR) is 101 cm³/mol. The molecule has 0 fully saturated rings. The van der Waals surface area contributed by atoms with E-state index in [0.717, 1.165) is 11.3 Å². The Morgan fingerprint density at radius 3 is 2.71 bits per heavy atom. The highest BCUT2D eigenvalue weighted by Gasteiger charge is 2.10. The van der Waals surface area contributed by atoms with Gasteiger partial charge < -0.3 is 15.0 Å². The second-order valence-corrected chi connectivity index (χ2v) is 6.10. The molecule has 2 rings (SSSR count). The van der Waals surface area contributed by atoms with Crippen LogP contribution in [-0.2, 0) is 0 Å².